The third-order valence-corrected chi connectivity index (χ3v) is 9.85. The molecule has 1 fully saturated rings. The molecule has 6 rings (SSSR count). The second-order valence-corrected chi connectivity index (χ2v) is 12.8. The summed E-state index contributed by atoms with van der Waals surface area (Å²) >= 11 is 0. The third-order valence-electron chi connectivity index (χ3n) is 8.17. The molecule has 1 aliphatic heterocycles. The van der Waals surface area contributed by atoms with Crippen molar-refractivity contribution < 1.29 is 22.4 Å². The molecule has 0 radical (unpaired) electrons. The van der Waals surface area contributed by atoms with Gasteiger partial charge in [-0.05, 0) is 92.9 Å². The summed E-state index contributed by atoms with van der Waals surface area (Å²) in [7, 11) is -3.76. The summed E-state index contributed by atoms with van der Waals surface area (Å²) in [5.41, 5.74) is 3.80. The molecule has 0 aliphatic carbocycles. The van der Waals surface area contributed by atoms with Gasteiger partial charge in [0.2, 0.25) is 5.76 Å². The first-order valence-corrected chi connectivity index (χ1v) is 16.3. The van der Waals surface area contributed by atoms with E-state index in [0.29, 0.717) is 23.3 Å². The molecule has 0 amide bonds. The minimum Gasteiger partial charge on any atom is -0.460 e. The lowest BCUT2D eigenvalue weighted by Crippen LogP contribution is -2.46. The lowest BCUT2D eigenvalue weighted by molar-refractivity contribution is 0.0492. The van der Waals surface area contributed by atoms with Crippen LogP contribution in [0, 0.1) is 11.3 Å². The molecule has 3 aromatic carbocycles. The van der Waals surface area contributed by atoms with Crippen LogP contribution in [0.4, 0.5) is 5.69 Å². The largest absolute Gasteiger partial charge is 0.460 e. The Morgan fingerprint density at radius 2 is 1.77 bits per heavy atom. The third kappa shape index (κ3) is 5.94. The van der Waals surface area contributed by atoms with Crippen molar-refractivity contribution in [3.63, 3.8) is 0 Å². The number of rotatable bonds is 10. The first-order chi connectivity index (χ1) is 21.4. The number of ether oxygens (including phenoxy) is 1. The zero-order valence-corrected chi connectivity index (χ0v) is 25.4. The molecule has 3 heterocycles. The van der Waals surface area contributed by atoms with E-state index < -0.39 is 16.0 Å². The van der Waals surface area contributed by atoms with Gasteiger partial charge in [0.15, 0.2) is 0 Å². The van der Waals surface area contributed by atoms with E-state index in [2.05, 4.69) is 21.9 Å². The Balaban J connectivity index is 1.06. The number of anilines is 1. The normalized spacial score (nSPS) is 14.2. The number of nitriles is 1. The second-order valence-electron chi connectivity index (χ2n) is 11.0. The van der Waals surface area contributed by atoms with Gasteiger partial charge in [0, 0.05) is 48.8 Å². The van der Waals surface area contributed by atoms with Crippen LogP contribution in [0.3, 0.4) is 0 Å². The van der Waals surface area contributed by atoms with Gasteiger partial charge < -0.3 is 14.1 Å². The number of aryl methyl sites for hydroxylation is 1. The number of piperazine rings is 1. The lowest BCUT2D eigenvalue weighted by atomic mass is 10.1. The van der Waals surface area contributed by atoms with E-state index in [4.69, 9.17) is 9.15 Å². The molecule has 0 bridgehead atoms. The molecule has 5 aromatic rings. The summed E-state index contributed by atoms with van der Waals surface area (Å²) in [6.07, 6.45) is 4.33. The smallest absolute Gasteiger partial charge is 0.374 e. The number of carbonyl (C=O) groups is 1. The molecule has 1 saturated heterocycles. The average molecular weight is 611 g/mol. The van der Waals surface area contributed by atoms with Crippen LogP contribution in [0.5, 0.6) is 0 Å². The van der Waals surface area contributed by atoms with Crippen molar-refractivity contribution in [2.24, 2.45) is 0 Å². The number of fused-ring (bicyclic) bond motifs is 2. The number of benzene rings is 3. The Hall–Kier alpha value is -4.59. The number of nitrogens with zero attached hydrogens (tertiary/aromatic N) is 4. The number of esters is 1. The number of furan rings is 1. The maximum Gasteiger partial charge on any atom is 0.374 e. The maximum atomic E-state index is 13.5. The van der Waals surface area contributed by atoms with E-state index in [1.165, 1.54) is 3.97 Å². The van der Waals surface area contributed by atoms with E-state index >= 15 is 0 Å². The number of carbonyl (C=O) groups excluding carboxylic acids is 1. The Morgan fingerprint density at radius 3 is 2.52 bits per heavy atom. The highest BCUT2D eigenvalue weighted by molar-refractivity contribution is 7.90. The molecule has 9 nitrogen and oxygen atoms in total. The van der Waals surface area contributed by atoms with Gasteiger partial charge in [-0.15, -0.1) is 0 Å². The predicted octanol–water partition coefficient (Wildman–Crippen LogP) is 5.82. The molecule has 44 heavy (non-hydrogen) atoms. The van der Waals surface area contributed by atoms with Crippen molar-refractivity contribution in [3.05, 3.63) is 95.9 Å². The lowest BCUT2D eigenvalue weighted by Gasteiger charge is -2.36. The quantitative estimate of drug-likeness (QED) is 0.144. The van der Waals surface area contributed by atoms with E-state index in [-0.39, 0.29) is 10.7 Å². The van der Waals surface area contributed by atoms with Gasteiger partial charge in [-0.2, -0.15) is 5.26 Å². The van der Waals surface area contributed by atoms with Crippen molar-refractivity contribution in [1.29, 1.82) is 5.26 Å². The summed E-state index contributed by atoms with van der Waals surface area (Å²) in [6.45, 7) is 6.72. The van der Waals surface area contributed by atoms with Crippen LogP contribution in [-0.2, 0) is 21.2 Å². The Morgan fingerprint density at radius 1 is 0.977 bits per heavy atom. The van der Waals surface area contributed by atoms with Gasteiger partial charge in [-0.3, -0.25) is 4.90 Å². The number of unbranched alkanes of at least 4 members (excludes halogenated alkanes) is 1. The first kappa shape index (κ1) is 29.5. The molecular formula is C34H34N4O5S. The van der Waals surface area contributed by atoms with Crippen molar-refractivity contribution in [2.45, 2.75) is 31.1 Å². The van der Waals surface area contributed by atoms with Crippen LogP contribution in [0.2, 0.25) is 0 Å². The highest BCUT2D eigenvalue weighted by Crippen LogP contribution is 2.29. The fraction of sp³-hybridized carbons (Fsp3) is 0.294. The Bertz CT molecular complexity index is 1950. The molecule has 2 aromatic heterocycles. The van der Waals surface area contributed by atoms with E-state index in [1.54, 1.807) is 67.7 Å². The van der Waals surface area contributed by atoms with Gasteiger partial charge in [-0.25, -0.2) is 17.2 Å². The van der Waals surface area contributed by atoms with Gasteiger partial charge in [-0.1, -0.05) is 18.2 Å². The summed E-state index contributed by atoms with van der Waals surface area (Å²) in [5.74, 6) is -0.231. The first-order valence-electron chi connectivity index (χ1n) is 14.9. The van der Waals surface area contributed by atoms with Crippen molar-refractivity contribution in [1.82, 2.24) is 8.87 Å². The number of aromatic nitrogens is 1. The van der Waals surface area contributed by atoms with Gasteiger partial charge in [0.1, 0.15) is 5.58 Å². The van der Waals surface area contributed by atoms with Crippen LogP contribution in [0.15, 0.2) is 88.3 Å². The molecule has 1 aliphatic rings. The van der Waals surface area contributed by atoms with Crippen LogP contribution in [0.1, 0.15) is 41.4 Å². The molecule has 0 spiro atoms. The fourth-order valence-corrected chi connectivity index (χ4v) is 7.26. The molecular weight excluding hydrogens is 576 g/mol. The summed E-state index contributed by atoms with van der Waals surface area (Å²) < 4.78 is 39.0. The van der Waals surface area contributed by atoms with Crippen molar-refractivity contribution in [3.8, 4) is 6.07 Å². The van der Waals surface area contributed by atoms with Crippen LogP contribution < -0.4 is 4.90 Å². The van der Waals surface area contributed by atoms with Crippen LogP contribution in [-0.4, -0.2) is 62.6 Å². The van der Waals surface area contributed by atoms with Gasteiger partial charge in [0.25, 0.3) is 10.0 Å². The van der Waals surface area contributed by atoms with Crippen molar-refractivity contribution in [2.75, 3.05) is 44.2 Å². The highest BCUT2D eigenvalue weighted by atomic mass is 32.2. The monoisotopic (exact) mass is 610 g/mol. The number of hydrogen-bond donors (Lipinski definition) is 0. The van der Waals surface area contributed by atoms with E-state index in [0.717, 1.165) is 74.0 Å². The highest BCUT2D eigenvalue weighted by Gasteiger charge is 2.22. The molecule has 226 valence electrons. The van der Waals surface area contributed by atoms with Crippen molar-refractivity contribution >= 4 is 43.6 Å². The fourth-order valence-electron chi connectivity index (χ4n) is 5.85. The standard InChI is InChI=1S/C34H34N4O5S/c1-2-42-34(39)33-22-27-21-28(12-14-32(27)43-33)37-18-16-36(17-19-37)15-7-6-8-26-24-38(31-13-11-25(23-35)20-30(26)31)44(40,41)29-9-4-3-5-10-29/h3-5,9-14,20-22,24H,2,6-8,15-19H2,1H3. The zero-order chi connectivity index (χ0) is 30.7. The van der Waals surface area contributed by atoms with Crippen LogP contribution >= 0.6 is 0 Å². The summed E-state index contributed by atoms with van der Waals surface area (Å²) in [6, 6.07) is 23.5. The Labute approximate surface area is 256 Å². The molecule has 10 heteroatoms. The molecule has 0 unspecified atom stereocenters. The topological polar surface area (TPSA) is 109 Å². The predicted molar refractivity (Wildman–Crippen MR) is 169 cm³/mol. The Kier molecular flexibility index (Phi) is 8.42. The van der Waals surface area contributed by atoms with E-state index in [9.17, 15) is 18.5 Å². The summed E-state index contributed by atoms with van der Waals surface area (Å²) in [5, 5.41) is 11.2. The maximum absolute atomic E-state index is 13.5. The zero-order valence-electron chi connectivity index (χ0n) is 24.6. The van der Waals surface area contributed by atoms with E-state index in [1.807, 2.05) is 12.1 Å². The summed E-state index contributed by atoms with van der Waals surface area (Å²) in [4.78, 5) is 17.1. The molecule has 0 atom stereocenters. The number of hydrogen-bond acceptors (Lipinski definition) is 8. The SMILES string of the molecule is CCOC(=O)c1cc2cc(N3CCN(CCCCc4cn(S(=O)(=O)c5ccccc5)c5ccc(C#N)cc45)CC3)ccc2o1. The molecule has 0 saturated carbocycles. The molecule has 0 N–H and O–H groups in total. The van der Waals surface area contributed by atoms with Crippen LogP contribution in [0.25, 0.3) is 21.9 Å². The average Bonchev–Trinajstić information content (AvgIpc) is 3.65. The minimum atomic E-state index is -3.76. The van der Waals surface area contributed by atoms with Gasteiger partial charge >= 0.3 is 5.97 Å². The second kappa shape index (κ2) is 12.6. The van der Waals surface area contributed by atoms with Gasteiger partial charge in [0.05, 0.1) is 28.7 Å². The minimum absolute atomic E-state index is 0.219.